The molecule has 0 bridgehead atoms. The van der Waals surface area contributed by atoms with Crippen LogP contribution in [0.15, 0.2) is 18.5 Å². The van der Waals surface area contributed by atoms with Crippen molar-refractivity contribution in [1.82, 2.24) is 19.6 Å². The van der Waals surface area contributed by atoms with Crippen LogP contribution >= 0.6 is 0 Å². The number of amides is 2. The number of rotatable bonds is 4. The van der Waals surface area contributed by atoms with E-state index in [0.717, 1.165) is 0 Å². The molecule has 2 aromatic rings. The maximum absolute atomic E-state index is 12.1. The number of carbonyl (C=O) groups is 2. The first-order valence-electron chi connectivity index (χ1n) is 5.83. The monoisotopic (exact) mass is 277 g/mol. The second kappa shape index (κ2) is 5.03. The molecular weight excluding hydrogens is 262 g/mol. The standard InChI is InChI=1S/C11H15N7O2/c1-6(18-4-3-8(12)15-18)11(20)14-7-5-17(2)16-9(7)10(13)19/h3-6H,1-2H3,(H2,12,15)(H2,13,19)(H,14,20). The second-order valence-corrected chi connectivity index (χ2v) is 4.32. The molecule has 0 radical (unpaired) electrons. The Bertz CT molecular complexity index is 658. The van der Waals surface area contributed by atoms with E-state index in [2.05, 4.69) is 15.5 Å². The quantitative estimate of drug-likeness (QED) is 0.692. The molecule has 0 aliphatic rings. The Labute approximate surface area is 114 Å². The molecule has 0 saturated carbocycles. The van der Waals surface area contributed by atoms with E-state index in [-0.39, 0.29) is 17.3 Å². The maximum Gasteiger partial charge on any atom is 0.271 e. The molecule has 0 spiro atoms. The summed E-state index contributed by atoms with van der Waals surface area (Å²) in [6, 6.07) is 0.996. The number of primary amides is 1. The fourth-order valence-corrected chi connectivity index (χ4v) is 1.69. The smallest absolute Gasteiger partial charge is 0.271 e. The number of nitrogen functional groups attached to an aromatic ring is 1. The molecule has 5 N–H and O–H groups in total. The summed E-state index contributed by atoms with van der Waals surface area (Å²) in [4.78, 5) is 23.3. The van der Waals surface area contributed by atoms with Gasteiger partial charge < -0.3 is 16.8 Å². The van der Waals surface area contributed by atoms with Crippen LogP contribution in [0, 0.1) is 0 Å². The third kappa shape index (κ3) is 2.60. The van der Waals surface area contributed by atoms with Gasteiger partial charge in [-0.1, -0.05) is 0 Å². The summed E-state index contributed by atoms with van der Waals surface area (Å²) in [5.41, 5.74) is 11.0. The fraction of sp³-hybridized carbons (Fsp3) is 0.273. The lowest BCUT2D eigenvalue weighted by Crippen LogP contribution is -2.25. The van der Waals surface area contributed by atoms with Gasteiger partial charge in [-0.25, -0.2) is 0 Å². The minimum Gasteiger partial charge on any atom is -0.382 e. The van der Waals surface area contributed by atoms with Crippen LogP contribution in [0.25, 0.3) is 0 Å². The minimum absolute atomic E-state index is 0.00743. The molecule has 0 fully saturated rings. The van der Waals surface area contributed by atoms with Gasteiger partial charge in [0.25, 0.3) is 5.91 Å². The number of hydrogen-bond acceptors (Lipinski definition) is 5. The summed E-state index contributed by atoms with van der Waals surface area (Å²) < 4.78 is 2.82. The van der Waals surface area contributed by atoms with Gasteiger partial charge in [-0.2, -0.15) is 10.2 Å². The van der Waals surface area contributed by atoms with Crippen LogP contribution in [-0.2, 0) is 11.8 Å². The normalized spacial score (nSPS) is 12.1. The highest BCUT2D eigenvalue weighted by Crippen LogP contribution is 2.15. The van der Waals surface area contributed by atoms with Crippen molar-refractivity contribution in [2.75, 3.05) is 11.1 Å². The Morgan fingerprint density at radius 3 is 2.65 bits per heavy atom. The third-order valence-electron chi connectivity index (χ3n) is 2.73. The van der Waals surface area contributed by atoms with Gasteiger partial charge in [0.05, 0.1) is 5.69 Å². The molecule has 20 heavy (non-hydrogen) atoms. The van der Waals surface area contributed by atoms with Gasteiger partial charge in [0.15, 0.2) is 5.69 Å². The second-order valence-electron chi connectivity index (χ2n) is 4.32. The van der Waals surface area contributed by atoms with Crippen LogP contribution in [0.3, 0.4) is 0 Å². The fourth-order valence-electron chi connectivity index (χ4n) is 1.69. The van der Waals surface area contributed by atoms with Crippen molar-refractivity contribution >= 4 is 23.3 Å². The Hall–Kier alpha value is -2.84. The minimum atomic E-state index is -0.711. The average Bonchev–Trinajstić information content (AvgIpc) is 2.94. The van der Waals surface area contributed by atoms with E-state index >= 15 is 0 Å². The van der Waals surface area contributed by atoms with Crippen molar-refractivity contribution in [2.24, 2.45) is 12.8 Å². The van der Waals surface area contributed by atoms with E-state index in [4.69, 9.17) is 11.5 Å². The Balaban J connectivity index is 2.17. The molecule has 2 heterocycles. The molecule has 2 aromatic heterocycles. The third-order valence-corrected chi connectivity index (χ3v) is 2.73. The molecule has 0 aromatic carbocycles. The zero-order valence-electron chi connectivity index (χ0n) is 11.1. The lowest BCUT2D eigenvalue weighted by Gasteiger charge is -2.11. The first-order valence-corrected chi connectivity index (χ1v) is 5.83. The molecule has 2 rings (SSSR count). The summed E-state index contributed by atoms with van der Waals surface area (Å²) in [5.74, 6) is -0.746. The van der Waals surface area contributed by atoms with E-state index in [1.165, 1.54) is 15.6 Å². The highest BCUT2D eigenvalue weighted by atomic mass is 16.2. The number of nitrogens with zero attached hydrogens (tertiary/aromatic N) is 4. The highest BCUT2D eigenvalue weighted by molar-refractivity contribution is 6.02. The van der Waals surface area contributed by atoms with E-state index in [1.54, 1.807) is 26.2 Å². The molecule has 2 amide bonds. The summed E-state index contributed by atoms with van der Waals surface area (Å²) in [6.07, 6.45) is 3.10. The molecule has 0 aliphatic heterocycles. The zero-order chi connectivity index (χ0) is 14.9. The van der Waals surface area contributed by atoms with Crippen molar-refractivity contribution in [3.63, 3.8) is 0 Å². The molecular formula is C11H15N7O2. The summed E-state index contributed by atoms with van der Waals surface area (Å²) >= 11 is 0. The van der Waals surface area contributed by atoms with Crippen molar-refractivity contribution in [3.8, 4) is 0 Å². The summed E-state index contributed by atoms with van der Waals surface area (Å²) in [5, 5.41) is 10.4. The van der Waals surface area contributed by atoms with Gasteiger partial charge in [0, 0.05) is 19.4 Å². The van der Waals surface area contributed by atoms with Crippen LogP contribution in [0.1, 0.15) is 23.5 Å². The molecule has 9 nitrogen and oxygen atoms in total. The van der Waals surface area contributed by atoms with Crippen LogP contribution in [0.2, 0.25) is 0 Å². The van der Waals surface area contributed by atoms with Gasteiger partial charge >= 0.3 is 0 Å². The summed E-state index contributed by atoms with van der Waals surface area (Å²) in [6.45, 7) is 1.65. The van der Waals surface area contributed by atoms with E-state index in [1.807, 2.05) is 0 Å². The molecule has 1 atom stereocenters. The zero-order valence-corrected chi connectivity index (χ0v) is 11.1. The van der Waals surface area contributed by atoms with Crippen LogP contribution in [0.4, 0.5) is 11.5 Å². The van der Waals surface area contributed by atoms with E-state index in [9.17, 15) is 9.59 Å². The highest BCUT2D eigenvalue weighted by Gasteiger charge is 2.20. The first-order chi connectivity index (χ1) is 9.38. The van der Waals surface area contributed by atoms with Gasteiger partial charge in [0.2, 0.25) is 5.91 Å². The molecule has 0 saturated heterocycles. The Morgan fingerprint density at radius 2 is 2.10 bits per heavy atom. The molecule has 9 heteroatoms. The number of hydrogen-bond donors (Lipinski definition) is 3. The van der Waals surface area contributed by atoms with Gasteiger partial charge in [-0.3, -0.25) is 19.0 Å². The lowest BCUT2D eigenvalue weighted by molar-refractivity contribution is -0.119. The molecule has 0 aliphatic carbocycles. The first kappa shape index (κ1) is 13.6. The van der Waals surface area contributed by atoms with Crippen molar-refractivity contribution in [2.45, 2.75) is 13.0 Å². The predicted octanol–water partition coefficient (Wildman–Crippen LogP) is -0.503. The largest absolute Gasteiger partial charge is 0.382 e. The van der Waals surface area contributed by atoms with Gasteiger partial charge in [0.1, 0.15) is 11.9 Å². The predicted molar refractivity (Wildman–Crippen MR) is 71.7 cm³/mol. The summed E-state index contributed by atoms with van der Waals surface area (Å²) in [7, 11) is 1.62. The number of carbonyl (C=O) groups excluding carboxylic acids is 2. The maximum atomic E-state index is 12.1. The van der Waals surface area contributed by atoms with Crippen LogP contribution in [-0.4, -0.2) is 31.4 Å². The van der Waals surface area contributed by atoms with Crippen molar-refractivity contribution < 1.29 is 9.59 Å². The Kier molecular flexibility index (Phi) is 3.42. The lowest BCUT2D eigenvalue weighted by atomic mass is 10.3. The van der Waals surface area contributed by atoms with E-state index < -0.39 is 11.9 Å². The number of anilines is 2. The molecule has 1 unspecified atom stereocenters. The van der Waals surface area contributed by atoms with Gasteiger partial charge in [-0.05, 0) is 13.0 Å². The molecule has 106 valence electrons. The number of nitrogens with two attached hydrogens (primary N) is 2. The SMILES string of the molecule is CC(C(=O)Nc1cn(C)nc1C(N)=O)n1ccc(N)n1. The number of nitrogens with one attached hydrogen (secondary N) is 1. The van der Waals surface area contributed by atoms with Crippen molar-refractivity contribution in [1.29, 1.82) is 0 Å². The van der Waals surface area contributed by atoms with Crippen LogP contribution < -0.4 is 16.8 Å². The topological polar surface area (TPSA) is 134 Å². The number of aryl methyl sites for hydroxylation is 1. The van der Waals surface area contributed by atoms with E-state index in [0.29, 0.717) is 5.82 Å². The van der Waals surface area contributed by atoms with Gasteiger partial charge in [-0.15, -0.1) is 0 Å². The van der Waals surface area contributed by atoms with Crippen molar-refractivity contribution in [3.05, 3.63) is 24.2 Å². The van der Waals surface area contributed by atoms with Crippen LogP contribution in [0.5, 0.6) is 0 Å². The Morgan fingerprint density at radius 1 is 1.40 bits per heavy atom. The number of aromatic nitrogens is 4. The average molecular weight is 277 g/mol.